The molecule has 0 aromatic heterocycles. The standard InChI is InChI=1S/C17H11ClN2O/c18-12-6-7-15(20)17(9-12)21-16-8-5-11(10-19)13-3-1-2-4-14(13)16/h1-9H,20H2. The molecule has 3 aromatic carbocycles. The average Bonchev–Trinajstić information content (AvgIpc) is 2.51. The molecule has 3 aromatic rings. The number of rotatable bonds is 2. The topological polar surface area (TPSA) is 59.0 Å². The molecule has 0 aliphatic carbocycles. The van der Waals surface area contributed by atoms with Crippen molar-refractivity contribution < 1.29 is 4.74 Å². The van der Waals surface area contributed by atoms with Crippen LogP contribution in [0, 0.1) is 11.3 Å². The second-order valence-electron chi connectivity index (χ2n) is 4.55. The second-order valence-corrected chi connectivity index (χ2v) is 4.99. The van der Waals surface area contributed by atoms with E-state index in [4.69, 9.17) is 27.3 Å². The summed E-state index contributed by atoms with van der Waals surface area (Å²) in [4.78, 5) is 0. The van der Waals surface area contributed by atoms with E-state index in [-0.39, 0.29) is 0 Å². The lowest BCUT2D eigenvalue weighted by Crippen LogP contribution is -1.93. The van der Waals surface area contributed by atoms with Crippen LogP contribution in [0.5, 0.6) is 11.5 Å². The molecule has 0 aliphatic rings. The molecule has 0 atom stereocenters. The molecule has 0 spiro atoms. The second kappa shape index (κ2) is 5.35. The lowest BCUT2D eigenvalue weighted by molar-refractivity contribution is 0.491. The van der Waals surface area contributed by atoms with E-state index in [1.807, 2.05) is 24.3 Å². The Morgan fingerprint density at radius 3 is 2.48 bits per heavy atom. The van der Waals surface area contributed by atoms with Crippen molar-refractivity contribution in [3.8, 4) is 17.6 Å². The van der Waals surface area contributed by atoms with Gasteiger partial charge in [0.05, 0.1) is 17.3 Å². The zero-order chi connectivity index (χ0) is 14.8. The molecule has 0 saturated carbocycles. The maximum absolute atomic E-state index is 9.17. The molecule has 0 fully saturated rings. The molecule has 4 heteroatoms. The van der Waals surface area contributed by atoms with Crippen molar-refractivity contribution in [3.05, 3.63) is 65.2 Å². The zero-order valence-electron chi connectivity index (χ0n) is 11.0. The summed E-state index contributed by atoms with van der Waals surface area (Å²) < 4.78 is 5.88. The highest BCUT2D eigenvalue weighted by atomic mass is 35.5. The third kappa shape index (κ3) is 2.49. The maximum Gasteiger partial charge on any atom is 0.151 e. The summed E-state index contributed by atoms with van der Waals surface area (Å²) in [6.07, 6.45) is 0. The number of nitrogens with zero attached hydrogens (tertiary/aromatic N) is 1. The normalized spacial score (nSPS) is 10.3. The van der Waals surface area contributed by atoms with Crippen LogP contribution >= 0.6 is 11.6 Å². The highest BCUT2D eigenvalue weighted by Crippen LogP contribution is 2.35. The van der Waals surface area contributed by atoms with Gasteiger partial charge in [0, 0.05) is 21.9 Å². The first kappa shape index (κ1) is 13.3. The van der Waals surface area contributed by atoms with Crippen molar-refractivity contribution in [3.63, 3.8) is 0 Å². The minimum absolute atomic E-state index is 0.498. The van der Waals surface area contributed by atoms with Crippen LogP contribution in [0.3, 0.4) is 0 Å². The van der Waals surface area contributed by atoms with E-state index in [0.29, 0.717) is 27.8 Å². The monoisotopic (exact) mass is 294 g/mol. The number of anilines is 1. The number of hydrogen-bond acceptors (Lipinski definition) is 3. The fraction of sp³-hybridized carbons (Fsp3) is 0. The first-order valence-corrected chi connectivity index (χ1v) is 6.71. The van der Waals surface area contributed by atoms with Gasteiger partial charge in [-0.1, -0.05) is 35.9 Å². The van der Waals surface area contributed by atoms with Crippen LogP contribution in [0.2, 0.25) is 5.02 Å². The number of halogens is 1. The highest BCUT2D eigenvalue weighted by molar-refractivity contribution is 6.30. The SMILES string of the molecule is N#Cc1ccc(Oc2cc(Cl)ccc2N)c2ccccc12. The molecule has 0 saturated heterocycles. The molecule has 3 nitrogen and oxygen atoms in total. The molecule has 0 bridgehead atoms. The van der Waals surface area contributed by atoms with E-state index in [2.05, 4.69) is 6.07 Å². The van der Waals surface area contributed by atoms with Gasteiger partial charge in [0.25, 0.3) is 0 Å². The average molecular weight is 295 g/mol. The maximum atomic E-state index is 9.17. The van der Waals surface area contributed by atoms with E-state index in [0.717, 1.165) is 10.8 Å². The van der Waals surface area contributed by atoms with Crippen LogP contribution in [0.25, 0.3) is 10.8 Å². The Morgan fingerprint density at radius 1 is 0.952 bits per heavy atom. The van der Waals surface area contributed by atoms with Crippen LogP contribution in [0.4, 0.5) is 5.69 Å². The molecule has 0 radical (unpaired) electrons. The number of nitrogen functional groups attached to an aromatic ring is 1. The van der Waals surface area contributed by atoms with Crippen LogP contribution in [0.15, 0.2) is 54.6 Å². The van der Waals surface area contributed by atoms with Gasteiger partial charge in [-0.15, -0.1) is 0 Å². The predicted molar refractivity (Wildman–Crippen MR) is 84.6 cm³/mol. The quantitative estimate of drug-likeness (QED) is 0.694. The van der Waals surface area contributed by atoms with Crippen LogP contribution < -0.4 is 10.5 Å². The van der Waals surface area contributed by atoms with Gasteiger partial charge in [0.15, 0.2) is 5.75 Å². The molecule has 0 amide bonds. The molecular formula is C17H11ClN2O. The molecule has 21 heavy (non-hydrogen) atoms. The summed E-state index contributed by atoms with van der Waals surface area (Å²) >= 11 is 5.97. The molecule has 3 rings (SSSR count). The summed E-state index contributed by atoms with van der Waals surface area (Å²) in [5, 5.41) is 11.4. The van der Waals surface area contributed by atoms with E-state index in [1.165, 1.54) is 0 Å². The molecule has 0 aliphatic heterocycles. The Bertz CT molecular complexity index is 868. The first-order valence-electron chi connectivity index (χ1n) is 6.34. The van der Waals surface area contributed by atoms with E-state index in [1.54, 1.807) is 30.3 Å². The minimum atomic E-state index is 0.498. The van der Waals surface area contributed by atoms with Crippen molar-refractivity contribution in [2.24, 2.45) is 0 Å². The Balaban J connectivity index is 2.14. The Hall–Kier alpha value is -2.70. The summed E-state index contributed by atoms with van der Waals surface area (Å²) in [6.45, 7) is 0. The number of benzene rings is 3. The largest absolute Gasteiger partial charge is 0.454 e. The van der Waals surface area contributed by atoms with Gasteiger partial charge < -0.3 is 10.5 Å². The fourth-order valence-corrected chi connectivity index (χ4v) is 2.34. The van der Waals surface area contributed by atoms with Gasteiger partial charge in [0.1, 0.15) is 5.75 Å². The van der Waals surface area contributed by atoms with Crippen LogP contribution in [-0.4, -0.2) is 0 Å². The number of ether oxygens (including phenoxy) is 1. The summed E-state index contributed by atoms with van der Waals surface area (Å²) in [5.41, 5.74) is 7.02. The Morgan fingerprint density at radius 2 is 1.71 bits per heavy atom. The Labute approximate surface area is 127 Å². The first-order chi connectivity index (χ1) is 10.2. The summed E-state index contributed by atoms with van der Waals surface area (Å²) in [5.74, 6) is 1.14. The van der Waals surface area contributed by atoms with E-state index < -0.39 is 0 Å². The summed E-state index contributed by atoms with van der Waals surface area (Å²) in [6, 6.07) is 18.3. The lowest BCUT2D eigenvalue weighted by atomic mass is 10.0. The van der Waals surface area contributed by atoms with Gasteiger partial charge in [-0.05, 0) is 24.3 Å². The number of nitriles is 1. The highest BCUT2D eigenvalue weighted by Gasteiger charge is 2.09. The predicted octanol–water partition coefficient (Wildman–Crippen LogP) is 4.74. The molecule has 102 valence electrons. The van der Waals surface area contributed by atoms with Gasteiger partial charge >= 0.3 is 0 Å². The number of fused-ring (bicyclic) bond motifs is 1. The third-order valence-electron chi connectivity index (χ3n) is 3.20. The van der Waals surface area contributed by atoms with Crippen molar-refractivity contribution in [2.45, 2.75) is 0 Å². The van der Waals surface area contributed by atoms with E-state index >= 15 is 0 Å². The Kier molecular flexibility index (Phi) is 3.39. The van der Waals surface area contributed by atoms with Crippen molar-refractivity contribution in [2.75, 3.05) is 5.73 Å². The van der Waals surface area contributed by atoms with Crippen LogP contribution in [0.1, 0.15) is 5.56 Å². The molecule has 0 heterocycles. The lowest BCUT2D eigenvalue weighted by Gasteiger charge is -2.12. The van der Waals surface area contributed by atoms with Gasteiger partial charge in [-0.3, -0.25) is 0 Å². The minimum Gasteiger partial charge on any atom is -0.454 e. The third-order valence-corrected chi connectivity index (χ3v) is 3.44. The number of nitrogens with two attached hydrogens (primary N) is 1. The smallest absolute Gasteiger partial charge is 0.151 e. The van der Waals surface area contributed by atoms with E-state index in [9.17, 15) is 0 Å². The van der Waals surface area contributed by atoms with Gasteiger partial charge in [0.2, 0.25) is 0 Å². The number of hydrogen-bond donors (Lipinski definition) is 1. The van der Waals surface area contributed by atoms with Crippen molar-refractivity contribution in [1.82, 2.24) is 0 Å². The summed E-state index contributed by atoms with van der Waals surface area (Å²) in [7, 11) is 0. The van der Waals surface area contributed by atoms with Crippen LogP contribution in [-0.2, 0) is 0 Å². The van der Waals surface area contributed by atoms with Crippen molar-refractivity contribution >= 4 is 28.1 Å². The van der Waals surface area contributed by atoms with Crippen molar-refractivity contribution in [1.29, 1.82) is 5.26 Å². The fourth-order valence-electron chi connectivity index (χ4n) is 2.17. The molecule has 2 N–H and O–H groups in total. The molecular weight excluding hydrogens is 284 g/mol. The van der Waals surface area contributed by atoms with Gasteiger partial charge in [-0.2, -0.15) is 5.26 Å². The van der Waals surface area contributed by atoms with Gasteiger partial charge in [-0.25, -0.2) is 0 Å². The zero-order valence-corrected chi connectivity index (χ0v) is 11.8. The molecule has 0 unspecified atom stereocenters.